The lowest BCUT2D eigenvalue weighted by molar-refractivity contribution is -0.131. The van der Waals surface area contributed by atoms with Crippen LogP contribution in [0, 0.1) is 5.41 Å². The number of hydrogen-bond donors (Lipinski definition) is 0. The molecule has 2 nitrogen and oxygen atoms in total. The molecule has 0 aromatic carbocycles. The molecule has 1 aliphatic heterocycles. The van der Waals surface area contributed by atoms with E-state index in [1.54, 1.807) is 0 Å². The topological polar surface area (TPSA) is 20.3 Å². The molecule has 2 heteroatoms. The molecule has 0 unspecified atom stereocenters. The number of nitrogens with zero attached hydrogens (tertiary/aromatic N) is 1. The van der Waals surface area contributed by atoms with Gasteiger partial charge in [0.1, 0.15) is 0 Å². The van der Waals surface area contributed by atoms with E-state index in [0.717, 1.165) is 13.0 Å². The van der Waals surface area contributed by atoms with Crippen LogP contribution in [0.1, 0.15) is 20.3 Å². The summed E-state index contributed by atoms with van der Waals surface area (Å²) in [7, 11) is 1.99. The standard InChI is InChI=1S/C8H15NO/c1-8(2)4-5-9(3)6-7(8)10/h4-6H2,1-3H3. The highest BCUT2D eigenvalue weighted by Gasteiger charge is 2.31. The second-order valence-corrected chi connectivity index (χ2v) is 3.79. The molecule has 0 N–H and O–H groups in total. The number of piperidine rings is 1. The fourth-order valence-electron chi connectivity index (χ4n) is 1.15. The fourth-order valence-corrected chi connectivity index (χ4v) is 1.15. The zero-order valence-electron chi connectivity index (χ0n) is 6.98. The summed E-state index contributed by atoms with van der Waals surface area (Å²) in [5.74, 6) is 0.376. The van der Waals surface area contributed by atoms with Gasteiger partial charge in [-0.2, -0.15) is 0 Å². The first-order valence-electron chi connectivity index (χ1n) is 3.74. The Morgan fingerprint density at radius 3 is 2.50 bits per heavy atom. The van der Waals surface area contributed by atoms with Crippen molar-refractivity contribution in [3.8, 4) is 0 Å². The van der Waals surface area contributed by atoms with Crippen molar-refractivity contribution in [2.24, 2.45) is 5.41 Å². The molecule has 0 aromatic rings. The second kappa shape index (κ2) is 2.35. The molecule has 10 heavy (non-hydrogen) atoms. The number of carbonyl (C=O) groups excluding carboxylic acids is 1. The predicted octanol–water partition coefficient (Wildman–Crippen LogP) is 0.917. The summed E-state index contributed by atoms with van der Waals surface area (Å²) in [6.07, 6.45) is 1.00. The second-order valence-electron chi connectivity index (χ2n) is 3.79. The van der Waals surface area contributed by atoms with Gasteiger partial charge >= 0.3 is 0 Å². The largest absolute Gasteiger partial charge is 0.299 e. The van der Waals surface area contributed by atoms with Crippen LogP contribution in [0.3, 0.4) is 0 Å². The Morgan fingerprint density at radius 1 is 1.50 bits per heavy atom. The molecular weight excluding hydrogens is 126 g/mol. The molecule has 0 saturated carbocycles. The molecular formula is C8H15NO. The quantitative estimate of drug-likeness (QED) is 0.500. The van der Waals surface area contributed by atoms with E-state index in [0.29, 0.717) is 12.3 Å². The summed E-state index contributed by atoms with van der Waals surface area (Å²) < 4.78 is 0. The van der Waals surface area contributed by atoms with E-state index in [2.05, 4.69) is 4.90 Å². The zero-order chi connectivity index (χ0) is 7.78. The third-order valence-corrected chi connectivity index (χ3v) is 2.29. The lowest BCUT2D eigenvalue weighted by Gasteiger charge is -2.33. The molecule has 1 aliphatic rings. The molecule has 0 amide bonds. The van der Waals surface area contributed by atoms with Crippen LogP contribution in [-0.4, -0.2) is 30.8 Å². The van der Waals surface area contributed by atoms with Gasteiger partial charge in [-0.15, -0.1) is 0 Å². The van der Waals surface area contributed by atoms with Crippen LogP contribution in [0.25, 0.3) is 0 Å². The van der Waals surface area contributed by atoms with Crippen molar-refractivity contribution in [2.75, 3.05) is 20.1 Å². The van der Waals surface area contributed by atoms with E-state index < -0.39 is 0 Å². The molecule has 58 valence electrons. The van der Waals surface area contributed by atoms with Gasteiger partial charge in [0.05, 0.1) is 6.54 Å². The number of hydrogen-bond acceptors (Lipinski definition) is 2. The zero-order valence-corrected chi connectivity index (χ0v) is 6.98. The summed E-state index contributed by atoms with van der Waals surface area (Å²) in [6.45, 7) is 5.75. The Bertz CT molecular complexity index is 151. The van der Waals surface area contributed by atoms with E-state index in [-0.39, 0.29) is 5.41 Å². The summed E-state index contributed by atoms with van der Waals surface area (Å²) in [6, 6.07) is 0. The Kier molecular flexibility index (Phi) is 1.82. The summed E-state index contributed by atoms with van der Waals surface area (Å²) in [4.78, 5) is 13.4. The highest BCUT2D eigenvalue weighted by molar-refractivity contribution is 5.86. The number of likely N-dealkylation sites (tertiary alicyclic amines) is 1. The van der Waals surface area contributed by atoms with Crippen molar-refractivity contribution in [3.05, 3.63) is 0 Å². The number of carbonyl (C=O) groups is 1. The lowest BCUT2D eigenvalue weighted by Crippen LogP contribution is -2.43. The molecule has 1 heterocycles. The molecule has 0 bridgehead atoms. The maximum absolute atomic E-state index is 11.3. The van der Waals surface area contributed by atoms with Crippen molar-refractivity contribution in [1.82, 2.24) is 4.90 Å². The van der Waals surface area contributed by atoms with Crippen LogP contribution in [0.15, 0.2) is 0 Å². The average molecular weight is 141 g/mol. The van der Waals surface area contributed by atoms with Gasteiger partial charge in [-0.3, -0.25) is 9.69 Å². The highest BCUT2D eigenvalue weighted by Crippen LogP contribution is 2.25. The van der Waals surface area contributed by atoms with E-state index in [1.807, 2.05) is 20.9 Å². The van der Waals surface area contributed by atoms with E-state index in [1.165, 1.54) is 0 Å². The van der Waals surface area contributed by atoms with Crippen molar-refractivity contribution in [1.29, 1.82) is 0 Å². The third kappa shape index (κ3) is 1.37. The summed E-state index contributed by atoms with van der Waals surface area (Å²) in [5, 5.41) is 0. The van der Waals surface area contributed by atoms with Crippen molar-refractivity contribution >= 4 is 5.78 Å². The fraction of sp³-hybridized carbons (Fsp3) is 0.875. The minimum Gasteiger partial charge on any atom is -0.299 e. The summed E-state index contributed by atoms with van der Waals surface area (Å²) in [5.41, 5.74) is -0.0630. The SMILES string of the molecule is CN1CCC(C)(C)C(=O)C1. The van der Waals surface area contributed by atoms with Gasteiger partial charge in [-0.25, -0.2) is 0 Å². The molecule has 0 spiro atoms. The number of rotatable bonds is 0. The van der Waals surface area contributed by atoms with Crippen molar-refractivity contribution < 1.29 is 4.79 Å². The molecule has 1 saturated heterocycles. The van der Waals surface area contributed by atoms with Crippen LogP contribution in [0.4, 0.5) is 0 Å². The van der Waals surface area contributed by atoms with Gasteiger partial charge in [0, 0.05) is 5.41 Å². The van der Waals surface area contributed by atoms with Gasteiger partial charge in [-0.05, 0) is 20.0 Å². The smallest absolute Gasteiger partial charge is 0.152 e. The number of likely N-dealkylation sites (N-methyl/N-ethyl adjacent to an activating group) is 1. The van der Waals surface area contributed by atoms with E-state index in [4.69, 9.17) is 0 Å². The third-order valence-electron chi connectivity index (χ3n) is 2.29. The predicted molar refractivity (Wildman–Crippen MR) is 40.9 cm³/mol. The van der Waals surface area contributed by atoms with Gasteiger partial charge in [-0.1, -0.05) is 13.8 Å². The molecule has 0 radical (unpaired) electrons. The molecule has 0 aromatic heterocycles. The van der Waals surface area contributed by atoms with Gasteiger partial charge in [0.2, 0.25) is 0 Å². The maximum atomic E-state index is 11.3. The Balaban J connectivity index is 2.61. The van der Waals surface area contributed by atoms with Crippen LogP contribution in [0.2, 0.25) is 0 Å². The van der Waals surface area contributed by atoms with Crippen molar-refractivity contribution in [3.63, 3.8) is 0 Å². The monoisotopic (exact) mass is 141 g/mol. The van der Waals surface area contributed by atoms with Crippen LogP contribution in [0.5, 0.6) is 0 Å². The van der Waals surface area contributed by atoms with Crippen LogP contribution < -0.4 is 0 Å². The molecule has 1 rings (SSSR count). The highest BCUT2D eigenvalue weighted by atomic mass is 16.1. The van der Waals surface area contributed by atoms with Gasteiger partial charge in [0.25, 0.3) is 0 Å². The Labute approximate surface area is 62.2 Å². The Hall–Kier alpha value is -0.370. The first kappa shape index (κ1) is 7.73. The Morgan fingerprint density at radius 2 is 2.10 bits per heavy atom. The van der Waals surface area contributed by atoms with Crippen molar-refractivity contribution in [2.45, 2.75) is 20.3 Å². The normalized spacial score (nSPS) is 26.9. The van der Waals surface area contributed by atoms with E-state index in [9.17, 15) is 4.79 Å². The van der Waals surface area contributed by atoms with Crippen LogP contribution >= 0.6 is 0 Å². The minimum absolute atomic E-state index is 0.0630. The maximum Gasteiger partial charge on any atom is 0.152 e. The molecule has 1 fully saturated rings. The minimum atomic E-state index is -0.0630. The summed E-state index contributed by atoms with van der Waals surface area (Å²) >= 11 is 0. The van der Waals surface area contributed by atoms with Gasteiger partial charge < -0.3 is 0 Å². The number of ketones is 1. The molecule has 0 atom stereocenters. The van der Waals surface area contributed by atoms with Gasteiger partial charge in [0.15, 0.2) is 5.78 Å². The first-order chi connectivity index (χ1) is 4.52. The van der Waals surface area contributed by atoms with E-state index >= 15 is 0 Å². The average Bonchev–Trinajstić information content (AvgIpc) is 1.81. The lowest BCUT2D eigenvalue weighted by atomic mass is 9.82. The van der Waals surface area contributed by atoms with Crippen LogP contribution in [-0.2, 0) is 4.79 Å². The number of Topliss-reactive ketones (excluding diaryl/α,β-unsaturated/α-hetero) is 1. The molecule has 0 aliphatic carbocycles. The first-order valence-corrected chi connectivity index (χ1v) is 3.74.